The Balaban J connectivity index is 1.27. The molecule has 0 aliphatic rings. The molecule has 7 aromatic carbocycles. The molecule has 2 aromatic heterocycles. The molecular formula is C39H23N3S. The van der Waals surface area contributed by atoms with Gasteiger partial charge in [0.1, 0.15) is 0 Å². The molecule has 2 heterocycles. The third kappa shape index (κ3) is 3.92. The maximum absolute atomic E-state index is 5.13. The molecule has 0 saturated carbocycles. The van der Waals surface area contributed by atoms with E-state index in [1.54, 1.807) is 11.3 Å². The van der Waals surface area contributed by atoms with Crippen molar-refractivity contribution in [2.45, 2.75) is 0 Å². The third-order valence-electron chi connectivity index (χ3n) is 8.31. The molecule has 0 amide bonds. The summed E-state index contributed by atoms with van der Waals surface area (Å²) in [5, 5.41) is 9.85. The summed E-state index contributed by atoms with van der Waals surface area (Å²) in [5.41, 5.74) is 2.96. The maximum atomic E-state index is 5.13. The van der Waals surface area contributed by atoms with Gasteiger partial charge in [0, 0.05) is 36.9 Å². The standard InChI is InChI=1S/C39H23N3S/c1-2-10-25(11-3-1)37-40-38(42-39(41-37)33-14-8-16-35-36(33)32-13-6-7-15-34(32)43-35)27-19-20-29-26(23-27)18-22-30-28-12-5-4-9-24(28)17-21-31(29)30/h1-23H. The van der Waals surface area contributed by atoms with Crippen LogP contribution in [0.2, 0.25) is 0 Å². The summed E-state index contributed by atoms with van der Waals surface area (Å²) in [7, 11) is 0. The minimum Gasteiger partial charge on any atom is -0.208 e. The highest BCUT2D eigenvalue weighted by Crippen LogP contribution is 2.40. The quantitative estimate of drug-likeness (QED) is 0.200. The van der Waals surface area contributed by atoms with Crippen LogP contribution in [0, 0.1) is 0 Å². The number of thiophene rings is 1. The summed E-state index contributed by atoms with van der Waals surface area (Å²) in [4.78, 5) is 15.2. The maximum Gasteiger partial charge on any atom is 0.164 e. The molecule has 0 aliphatic heterocycles. The Kier molecular flexibility index (Phi) is 5.37. The molecule has 0 spiro atoms. The fraction of sp³-hybridized carbons (Fsp3) is 0. The van der Waals surface area contributed by atoms with E-state index in [0.717, 1.165) is 22.1 Å². The molecular weight excluding hydrogens is 543 g/mol. The highest BCUT2D eigenvalue weighted by molar-refractivity contribution is 7.25. The van der Waals surface area contributed by atoms with Gasteiger partial charge in [-0.05, 0) is 50.5 Å². The van der Waals surface area contributed by atoms with E-state index in [9.17, 15) is 0 Å². The molecule has 0 aliphatic carbocycles. The summed E-state index contributed by atoms with van der Waals surface area (Å²) in [6.45, 7) is 0. The molecule has 9 rings (SSSR count). The van der Waals surface area contributed by atoms with Gasteiger partial charge in [0.15, 0.2) is 17.5 Å². The fourth-order valence-corrected chi connectivity index (χ4v) is 7.40. The first-order chi connectivity index (χ1) is 21.3. The highest BCUT2D eigenvalue weighted by atomic mass is 32.1. The van der Waals surface area contributed by atoms with Crippen molar-refractivity contribution in [1.29, 1.82) is 0 Å². The molecule has 0 atom stereocenters. The van der Waals surface area contributed by atoms with Gasteiger partial charge >= 0.3 is 0 Å². The second kappa shape index (κ2) is 9.55. The van der Waals surface area contributed by atoms with Crippen LogP contribution in [0.5, 0.6) is 0 Å². The number of rotatable bonds is 3. The SMILES string of the molecule is c1ccc(-c2nc(-c3ccc4c(ccc5c6ccccc6ccc45)c3)nc(-c3cccc4sc5ccccc5c34)n2)cc1. The van der Waals surface area contributed by atoms with Crippen LogP contribution in [-0.4, -0.2) is 15.0 Å². The van der Waals surface area contributed by atoms with Crippen LogP contribution in [0.1, 0.15) is 0 Å². The predicted molar refractivity (Wildman–Crippen MR) is 182 cm³/mol. The zero-order chi connectivity index (χ0) is 28.3. The lowest BCUT2D eigenvalue weighted by molar-refractivity contribution is 1.08. The van der Waals surface area contributed by atoms with Crippen molar-refractivity contribution in [3.63, 3.8) is 0 Å². The smallest absolute Gasteiger partial charge is 0.164 e. The van der Waals surface area contributed by atoms with Crippen LogP contribution in [0.15, 0.2) is 140 Å². The van der Waals surface area contributed by atoms with Crippen LogP contribution >= 0.6 is 11.3 Å². The van der Waals surface area contributed by atoms with Crippen LogP contribution < -0.4 is 0 Å². The Labute approximate surface area is 251 Å². The van der Waals surface area contributed by atoms with E-state index in [0.29, 0.717) is 17.5 Å². The van der Waals surface area contributed by atoms with Crippen molar-refractivity contribution >= 4 is 63.8 Å². The normalized spacial score (nSPS) is 11.7. The van der Waals surface area contributed by atoms with Crippen LogP contribution in [0.3, 0.4) is 0 Å². The van der Waals surface area contributed by atoms with Crippen molar-refractivity contribution in [3.05, 3.63) is 140 Å². The summed E-state index contributed by atoms with van der Waals surface area (Å²) in [6.07, 6.45) is 0. The van der Waals surface area contributed by atoms with E-state index in [-0.39, 0.29) is 0 Å². The molecule has 0 bridgehead atoms. The topological polar surface area (TPSA) is 38.7 Å². The van der Waals surface area contributed by atoms with Crippen LogP contribution in [0.4, 0.5) is 0 Å². The number of hydrogen-bond donors (Lipinski definition) is 0. The lowest BCUT2D eigenvalue weighted by Gasteiger charge is -2.11. The largest absolute Gasteiger partial charge is 0.208 e. The Morgan fingerprint density at radius 2 is 1.00 bits per heavy atom. The third-order valence-corrected chi connectivity index (χ3v) is 9.45. The second-order valence-electron chi connectivity index (χ2n) is 10.8. The van der Waals surface area contributed by atoms with Crippen LogP contribution in [-0.2, 0) is 0 Å². The zero-order valence-corrected chi connectivity index (χ0v) is 23.8. The Bertz CT molecular complexity index is 2510. The van der Waals surface area contributed by atoms with E-state index >= 15 is 0 Å². The van der Waals surface area contributed by atoms with E-state index in [2.05, 4.69) is 121 Å². The van der Waals surface area contributed by atoms with Gasteiger partial charge in [-0.3, -0.25) is 0 Å². The van der Waals surface area contributed by atoms with E-state index in [4.69, 9.17) is 15.0 Å². The molecule has 4 heteroatoms. The molecule has 3 nitrogen and oxygen atoms in total. The van der Waals surface area contributed by atoms with E-state index < -0.39 is 0 Å². The van der Waals surface area contributed by atoms with Gasteiger partial charge in [0.05, 0.1) is 0 Å². The zero-order valence-electron chi connectivity index (χ0n) is 23.0. The highest BCUT2D eigenvalue weighted by Gasteiger charge is 2.17. The Morgan fingerprint density at radius 3 is 1.86 bits per heavy atom. The lowest BCUT2D eigenvalue weighted by atomic mass is 9.96. The average molecular weight is 566 g/mol. The van der Waals surface area contributed by atoms with Gasteiger partial charge in [0.25, 0.3) is 0 Å². The monoisotopic (exact) mass is 565 g/mol. The van der Waals surface area contributed by atoms with Crippen molar-refractivity contribution in [2.24, 2.45) is 0 Å². The molecule has 200 valence electrons. The predicted octanol–water partition coefficient (Wildman–Crippen LogP) is 10.7. The summed E-state index contributed by atoms with van der Waals surface area (Å²) < 4.78 is 2.49. The molecule has 0 unspecified atom stereocenters. The van der Waals surface area contributed by atoms with Crippen molar-refractivity contribution < 1.29 is 0 Å². The first-order valence-corrected chi connectivity index (χ1v) is 15.2. The Morgan fingerprint density at radius 1 is 0.372 bits per heavy atom. The number of fused-ring (bicyclic) bond motifs is 8. The van der Waals surface area contributed by atoms with Gasteiger partial charge in [-0.2, -0.15) is 0 Å². The van der Waals surface area contributed by atoms with Crippen molar-refractivity contribution in [1.82, 2.24) is 15.0 Å². The minimum absolute atomic E-state index is 0.667. The summed E-state index contributed by atoms with van der Waals surface area (Å²) >= 11 is 1.80. The minimum atomic E-state index is 0.667. The van der Waals surface area contributed by atoms with Crippen LogP contribution in [0.25, 0.3) is 86.7 Å². The number of aromatic nitrogens is 3. The Hall–Kier alpha value is -5.45. The van der Waals surface area contributed by atoms with E-state index in [1.165, 1.54) is 47.1 Å². The van der Waals surface area contributed by atoms with Gasteiger partial charge in [-0.1, -0.05) is 121 Å². The van der Waals surface area contributed by atoms with E-state index in [1.807, 2.05) is 18.2 Å². The van der Waals surface area contributed by atoms with Crippen molar-refractivity contribution in [3.8, 4) is 34.2 Å². The molecule has 0 saturated heterocycles. The number of benzene rings is 7. The lowest BCUT2D eigenvalue weighted by Crippen LogP contribution is -2.00. The first-order valence-electron chi connectivity index (χ1n) is 14.4. The molecule has 0 radical (unpaired) electrons. The van der Waals surface area contributed by atoms with Gasteiger partial charge in [0.2, 0.25) is 0 Å². The fourth-order valence-electron chi connectivity index (χ4n) is 6.27. The summed E-state index contributed by atoms with van der Waals surface area (Å²) in [5.74, 6) is 2.02. The van der Waals surface area contributed by atoms with Gasteiger partial charge in [-0.15, -0.1) is 11.3 Å². The first kappa shape index (κ1) is 24.2. The van der Waals surface area contributed by atoms with Gasteiger partial charge < -0.3 is 0 Å². The van der Waals surface area contributed by atoms with Gasteiger partial charge in [-0.25, -0.2) is 15.0 Å². The average Bonchev–Trinajstić information content (AvgIpc) is 3.47. The second-order valence-corrected chi connectivity index (χ2v) is 11.9. The number of nitrogens with zero attached hydrogens (tertiary/aromatic N) is 3. The summed E-state index contributed by atoms with van der Waals surface area (Å²) in [6, 6.07) is 49.2. The molecule has 0 N–H and O–H groups in total. The molecule has 43 heavy (non-hydrogen) atoms. The molecule has 0 fully saturated rings. The number of hydrogen-bond acceptors (Lipinski definition) is 4. The molecule has 9 aromatic rings. The van der Waals surface area contributed by atoms with Crippen molar-refractivity contribution in [2.75, 3.05) is 0 Å².